The SMILES string of the molecule is CC(C)C(C(=O)O)N1CCN(C)C(C)(C)C1. The lowest BCUT2D eigenvalue weighted by atomic mass is 9.95. The molecule has 0 aromatic rings. The molecule has 0 amide bonds. The molecule has 1 heterocycles. The first-order valence-electron chi connectivity index (χ1n) is 5.94. The molecule has 1 aliphatic rings. The molecule has 0 bridgehead atoms. The summed E-state index contributed by atoms with van der Waals surface area (Å²) in [5.74, 6) is -0.549. The highest BCUT2D eigenvalue weighted by atomic mass is 16.4. The fourth-order valence-corrected chi connectivity index (χ4v) is 2.38. The van der Waals surface area contributed by atoms with E-state index in [0.717, 1.165) is 19.6 Å². The summed E-state index contributed by atoms with van der Waals surface area (Å²) in [6.45, 7) is 10.9. The van der Waals surface area contributed by atoms with Crippen molar-refractivity contribution in [2.45, 2.75) is 39.3 Å². The van der Waals surface area contributed by atoms with Gasteiger partial charge in [0.25, 0.3) is 0 Å². The predicted octanol–water partition coefficient (Wildman–Crippen LogP) is 1.12. The molecule has 4 heteroatoms. The average molecular weight is 228 g/mol. The van der Waals surface area contributed by atoms with E-state index in [2.05, 4.69) is 30.7 Å². The molecule has 16 heavy (non-hydrogen) atoms. The van der Waals surface area contributed by atoms with Gasteiger partial charge in [0.05, 0.1) is 0 Å². The number of hydrogen-bond donors (Lipinski definition) is 1. The Labute approximate surface area is 98.2 Å². The Hall–Kier alpha value is -0.610. The van der Waals surface area contributed by atoms with Gasteiger partial charge in [0.1, 0.15) is 6.04 Å². The maximum atomic E-state index is 11.3. The van der Waals surface area contributed by atoms with Crippen molar-refractivity contribution in [3.05, 3.63) is 0 Å². The molecular formula is C12H24N2O2. The Morgan fingerprint density at radius 2 is 1.88 bits per heavy atom. The van der Waals surface area contributed by atoms with E-state index in [1.54, 1.807) is 0 Å². The van der Waals surface area contributed by atoms with Gasteiger partial charge in [0, 0.05) is 25.2 Å². The van der Waals surface area contributed by atoms with Gasteiger partial charge in [-0.25, -0.2) is 0 Å². The first-order chi connectivity index (χ1) is 7.25. The van der Waals surface area contributed by atoms with E-state index in [4.69, 9.17) is 0 Å². The van der Waals surface area contributed by atoms with Gasteiger partial charge in [-0.1, -0.05) is 13.8 Å². The molecule has 1 unspecified atom stereocenters. The van der Waals surface area contributed by atoms with Gasteiger partial charge in [0.2, 0.25) is 0 Å². The molecule has 1 fully saturated rings. The van der Waals surface area contributed by atoms with Crippen LogP contribution in [0.2, 0.25) is 0 Å². The van der Waals surface area contributed by atoms with E-state index in [9.17, 15) is 9.90 Å². The highest BCUT2D eigenvalue weighted by Crippen LogP contribution is 2.23. The number of rotatable bonds is 3. The molecule has 1 saturated heterocycles. The number of aliphatic carboxylic acids is 1. The van der Waals surface area contributed by atoms with Crippen LogP contribution < -0.4 is 0 Å². The normalized spacial score (nSPS) is 24.6. The molecule has 1 aliphatic heterocycles. The molecule has 0 aliphatic carbocycles. The van der Waals surface area contributed by atoms with E-state index in [1.807, 2.05) is 13.8 Å². The summed E-state index contributed by atoms with van der Waals surface area (Å²) in [7, 11) is 2.10. The predicted molar refractivity (Wildman–Crippen MR) is 64.5 cm³/mol. The van der Waals surface area contributed by atoms with Crippen LogP contribution in [0.15, 0.2) is 0 Å². The summed E-state index contributed by atoms with van der Waals surface area (Å²) in [6, 6.07) is -0.354. The second-order valence-corrected chi connectivity index (χ2v) is 5.73. The lowest BCUT2D eigenvalue weighted by molar-refractivity contribution is -0.147. The van der Waals surface area contributed by atoms with Crippen LogP contribution in [0.3, 0.4) is 0 Å². The number of carbonyl (C=O) groups is 1. The second-order valence-electron chi connectivity index (χ2n) is 5.73. The summed E-state index contributed by atoms with van der Waals surface area (Å²) in [5, 5.41) is 9.28. The van der Waals surface area contributed by atoms with Crippen LogP contribution >= 0.6 is 0 Å². The van der Waals surface area contributed by atoms with Crippen molar-refractivity contribution in [1.82, 2.24) is 9.80 Å². The average Bonchev–Trinajstić information content (AvgIpc) is 2.09. The maximum Gasteiger partial charge on any atom is 0.321 e. The van der Waals surface area contributed by atoms with Crippen LogP contribution in [0.1, 0.15) is 27.7 Å². The van der Waals surface area contributed by atoms with E-state index in [0.29, 0.717) is 0 Å². The molecule has 1 atom stereocenters. The number of piperazine rings is 1. The zero-order chi connectivity index (χ0) is 12.5. The largest absolute Gasteiger partial charge is 0.480 e. The summed E-state index contributed by atoms with van der Waals surface area (Å²) in [6.07, 6.45) is 0. The monoisotopic (exact) mass is 228 g/mol. The van der Waals surface area contributed by atoms with Gasteiger partial charge in [0.15, 0.2) is 0 Å². The minimum absolute atomic E-state index is 0.0564. The molecule has 94 valence electrons. The van der Waals surface area contributed by atoms with Crippen LogP contribution in [0.25, 0.3) is 0 Å². The summed E-state index contributed by atoms with van der Waals surface area (Å²) < 4.78 is 0. The van der Waals surface area contributed by atoms with Gasteiger partial charge < -0.3 is 5.11 Å². The minimum Gasteiger partial charge on any atom is -0.480 e. The number of carboxylic acid groups (broad SMARTS) is 1. The van der Waals surface area contributed by atoms with Crippen molar-refractivity contribution in [2.75, 3.05) is 26.7 Å². The molecule has 0 aromatic carbocycles. The number of likely N-dealkylation sites (N-methyl/N-ethyl adjacent to an activating group) is 1. The van der Waals surface area contributed by atoms with Crippen molar-refractivity contribution in [2.24, 2.45) is 5.92 Å². The topological polar surface area (TPSA) is 43.8 Å². The van der Waals surface area contributed by atoms with Gasteiger partial charge in [-0.05, 0) is 26.8 Å². The van der Waals surface area contributed by atoms with Crippen LogP contribution in [0.4, 0.5) is 0 Å². The van der Waals surface area contributed by atoms with Crippen molar-refractivity contribution in [3.8, 4) is 0 Å². The van der Waals surface area contributed by atoms with Gasteiger partial charge >= 0.3 is 5.97 Å². The van der Waals surface area contributed by atoms with Gasteiger partial charge in [-0.15, -0.1) is 0 Å². The number of hydrogen-bond acceptors (Lipinski definition) is 3. The molecular weight excluding hydrogens is 204 g/mol. The Morgan fingerprint density at radius 1 is 1.31 bits per heavy atom. The smallest absolute Gasteiger partial charge is 0.321 e. The molecule has 1 rings (SSSR count). The molecule has 0 saturated carbocycles. The third kappa shape index (κ3) is 2.74. The quantitative estimate of drug-likeness (QED) is 0.786. The van der Waals surface area contributed by atoms with Crippen molar-refractivity contribution in [1.29, 1.82) is 0 Å². The minimum atomic E-state index is -0.699. The van der Waals surface area contributed by atoms with Gasteiger partial charge in [-0.3, -0.25) is 14.6 Å². The van der Waals surface area contributed by atoms with Crippen molar-refractivity contribution < 1.29 is 9.90 Å². The summed E-state index contributed by atoms with van der Waals surface area (Å²) in [4.78, 5) is 15.7. The first-order valence-corrected chi connectivity index (χ1v) is 5.94. The third-order valence-electron chi connectivity index (χ3n) is 3.62. The molecule has 4 nitrogen and oxygen atoms in total. The zero-order valence-corrected chi connectivity index (χ0v) is 11.0. The van der Waals surface area contributed by atoms with Crippen LogP contribution in [0.5, 0.6) is 0 Å². The van der Waals surface area contributed by atoms with Crippen LogP contribution in [-0.2, 0) is 4.79 Å². The standard InChI is InChI=1S/C12H24N2O2/c1-9(2)10(11(15)16)14-7-6-13(5)12(3,4)8-14/h9-10H,6-8H2,1-5H3,(H,15,16). The van der Waals surface area contributed by atoms with Crippen LogP contribution in [0, 0.1) is 5.92 Å². The van der Waals surface area contributed by atoms with Crippen LogP contribution in [-0.4, -0.2) is 59.1 Å². The number of nitrogens with zero attached hydrogens (tertiary/aromatic N) is 2. The highest BCUT2D eigenvalue weighted by Gasteiger charge is 2.37. The Morgan fingerprint density at radius 3 is 2.25 bits per heavy atom. The van der Waals surface area contributed by atoms with Gasteiger partial charge in [-0.2, -0.15) is 0 Å². The zero-order valence-electron chi connectivity index (χ0n) is 11.0. The lowest BCUT2D eigenvalue weighted by Gasteiger charge is -2.47. The molecule has 0 spiro atoms. The Bertz CT molecular complexity index is 264. The summed E-state index contributed by atoms with van der Waals surface area (Å²) in [5.41, 5.74) is 0.0564. The summed E-state index contributed by atoms with van der Waals surface area (Å²) >= 11 is 0. The molecule has 0 radical (unpaired) electrons. The fraction of sp³-hybridized carbons (Fsp3) is 0.917. The Balaban J connectivity index is 2.77. The van der Waals surface area contributed by atoms with E-state index in [-0.39, 0.29) is 17.5 Å². The van der Waals surface area contributed by atoms with E-state index in [1.165, 1.54) is 0 Å². The highest BCUT2D eigenvalue weighted by molar-refractivity contribution is 5.73. The van der Waals surface area contributed by atoms with E-state index < -0.39 is 5.97 Å². The van der Waals surface area contributed by atoms with Crippen molar-refractivity contribution in [3.63, 3.8) is 0 Å². The van der Waals surface area contributed by atoms with Crippen molar-refractivity contribution >= 4 is 5.97 Å². The number of carboxylic acids is 1. The second kappa shape index (κ2) is 4.72. The fourth-order valence-electron chi connectivity index (χ4n) is 2.38. The van der Waals surface area contributed by atoms with E-state index >= 15 is 0 Å². The lowest BCUT2D eigenvalue weighted by Crippen LogP contribution is -2.61. The molecule has 0 aromatic heterocycles. The maximum absolute atomic E-state index is 11.3. The molecule has 1 N–H and O–H groups in total. The first kappa shape index (κ1) is 13.5. The Kier molecular flexibility index (Phi) is 3.97. The third-order valence-corrected chi connectivity index (χ3v) is 3.62.